The maximum Gasteiger partial charge on any atom is 0.0667 e. The van der Waals surface area contributed by atoms with Crippen LogP contribution in [0.15, 0.2) is 53.8 Å². The van der Waals surface area contributed by atoms with E-state index in [4.69, 9.17) is 37.9 Å². The molecule has 0 spiro atoms. The summed E-state index contributed by atoms with van der Waals surface area (Å²) in [6.45, 7) is 0. The minimum Gasteiger partial charge on any atom is -0.179 e. The van der Waals surface area contributed by atoms with Gasteiger partial charge >= 0.3 is 0 Å². The van der Waals surface area contributed by atoms with Crippen LogP contribution in [0.25, 0.3) is 0 Å². The standard InChI is InChI=1S/C26H28S3/c27-17-23-11-24(18-28)13-25(12-23,19-29)16-26(14-23,15-24)22-9-7-21(8-10-22)6-5-20-3-1-2-4-20/h1-3,7-10,27-29H,11-19H2. The highest BCUT2D eigenvalue weighted by Gasteiger charge is 2.67. The van der Waals surface area contributed by atoms with Gasteiger partial charge in [0, 0.05) is 5.56 Å². The van der Waals surface area contributed by atoms with Crippen LogP contribution < -0.4 is 0 Å². The van der Waals surface area contributed by atoms with Crippen LogP contribution in [0.4, 0.5) is 0 Å². The molecule has 0 aliphatic heterocycles. The summed E-state index contributed by atoms with van der Waals surface area (Å²) in [5.41, 5.74) is 7.94. The third-order valence-electron chi connectivity index (χ3n) is 7.83. The molecular formula is C26H28S3. The summed E-state index contributed by atoms with van der Waals surface area (Å²) < 4.78 is 0. The molecule has 0 amide bonds. The van der Waals surface area contributed by atoms with Gasteiger partial charge in [-0.15, -0.1) is 5.73 Å². The molecule has 1 aromatic carbocycles. The van der Waals surface area contributed by atoms with E-state index in [0.29, 0.717) is 16.2 Å². The van der Waals surface area contributed by atoms with Crippen LogP contribution in [0, 0.1) is 28.1 Å². The van der Waals surface area contributed by atoms with Gasteiger partial charge in [0.25, 0.3) is 0 Å². The van der Waals surface area contributed by atoms with Crippen molar-refractivity contribution in [1.29, 1.82) is 0 Å². The fourth-order valence-corrected chi connectivity index (χ4v) is 8.56. The Balaban J connectivity index is 1.51. The average Bonchev–Trinajstić information content (AvgIpc) is 3.25. The van der Waals surface area contributed by atoms with Crippen LogP contribution in [0.2, 0.25) is 0 Å². The van der Waals surface area contributed by atoms with Crippen molar-refractivity contribution in [2.75, 3.05) is 17.3 Å². The molecule has 0 unspecified atom stereocenters. The molecule has 0 saturated heterocycles. The van der Waals surface area contributed by atoms with Gasteiger partial charge in [-0.05, 0) is 107 Å². The van der Waals surface area contributed by atoms with Gasteiger partial charge in [-0.2, -0.15) is 37.9 Å². The Hall–Kier alpha value is -0.910. The number of allylic oxidation sites excluding steroid dienone is 3. The van der Waals surface area contributed by atoms with E-state index in [0.717, 1.165) is 28.4 Å². The van der Waals surface area contributed by atoms with Crippen molar-refractivity contribution in [2.24, 2.45) is 16.2 Å². The molecular weight excluding hydrogens is 408 g/mol. The number of rotatable bonds is 4. The van der Waals surface area contributed by atoms with E-state index in [-0.39, 0.29) is 5.41 Å². The predicted octanol–water partition coefficient (Wildman–Crippen LogP) is 6.06. The van der Waals surface area contributed by atoms with Gasteiger partial charge in [-0.25, -0.2) is 0 Å². The first-order chi connectivity index (χ1) is 14.0. The smallest absolute Gasteiger partial charge is 0.0667 e. The van der Waals surface area contributed by atoms with Crippen molar-refractivity contribution in [3.63, 3.8) is 0 Å². The number of hydrogen-bond acceptors (Lipinski definition) is 3. The van der Waals surface area contributed by atoms with Crippen LogP contribution in [0.5, 0.6) is 0 Å². The molecule has 0 nitrogen and oxygen atoms in total. The van der Waals surface area contributed by atoms with E-state index in [9.17, 15) is 0 Å². The maximum atomic E-state index is 4.87. The van der Waals surface area contributed by atoms with E-state index in [2.05, 4.69) is 41.8 Å². The third kappa shape index (κ3) is 3.28. The Morgan fingerprint density at radius 3 is 1.76 bits per heavy atom. The first kappa shape index (κ1) is 20.0. The van der Waals surface area contributed by atoms with Crippen molar-refractivity contribution in [1.82, 2.24) is 0 Å². The second-order valence-electron chi connectivity index (χ2n) is 10.2. The summed E-state index contributed by atoms with van der Waals surface area (Å²) in [5, 5.41) is 0. The molecule has 0 radical (unpaired) electrons. The van der Waals surface area contributed by atoms with E-state index >= 15 is 0 Å². The summed E-state index contributed by atoms with van der Waals surface area (Å²) in [4.78, 5) is 0. The third-order valence-corrected chi connectivity index (χ3v) is 9.85. The minimum atomic E-state index is 0.244. The highest BCUT2D eigenvalue weighted by molar-refractivity contribution is 7.80. The zero-order valence-corrected chi connectivity index (χ0v) is 19.4. The van der Waals surface area contributed by atoms with Crippen LogP contribution in [-0.2, 0) is 5.41 Å². The van der Waals surface area contributed by atoms with Crippen molar-refractivity contribution in [2.45, 2.75) is 43.9 Å². The van der Waals surface area contributed by atoms with Gasteiger partial charge in [-0.1, -0.05) is 30.0 Å². The average molecular weight is 437 g/mol. The number of thiol groups is 3. The Morgan fingerprint density at radius 2 is 1.31 bits per heavy atom. The highest BCUT2D eigenvalue weighted by Crippen LogP contribution is 2.74. The second-order valence-corrected chi connectivity index (χ2v) is 11.2. The summed E-state index contributed by atoms with van der Waals surface area (Å²) in [6.07, 6.45) is 13.6. The van der Waals surface area contributed by atoms with E-state index in [1.807, 2.05) is 18.2 Å². The van der Waals surface area contributed by atoms with Crippen LogP contribution in [0.3, 0.4) is 0 Å². The SMILES string of the molecule is SCC12CC3(CS)CC(CS)(C1)CC(c1ccc(C#CC4=C=CC=C4)cc1)(C2)C3. The molecule has 4 bridgehead atoms. The van der Waals surface area contributed by atoms with E-state index < -0.39 is 0 Å². The van der Waals surface area contributed by atoms with Gasteiger partial charge in [0.15, 0.2) is 0 Å². The second kappa shape index (κ2) is 7.06. The lowest BCUT2D eigenvalue weighted by atomic mass is 9.35. The van der Waals surface area contributed by atoms with Gasteiger partial charge < -0.3 is 0 Å². The highest BCUT2D eigenvalue weighted by atomic mass is 32.1. The van der Waals surface area contributed by atoms with Crippen LogP contribution in [-0.4, -0.2) is 17.3 Å². The fraction of sp³-hybridized carbons (Fsp3) is 0.500. The zero-order valence-electron chi connectivity index (χ0n) is 16.7. The minimum absolute atomic E-state index is 0.244. The first-order valence-corrected chi connectivity index (χ1v) is 12.5. The molecule has 0 N–H and O–H groups in total. The Labute approximate surface area is 191 Å². The zero-order chi connectivity index (χ0) is 20.2. The summed E-state index contributed by atoms with van der Waals surface area (Å²) >= 11 is 14.6. The normalized spacial score (nSPS) is 38.8. The molecule has 4 fully saturated rings. The monoisotopic (exact) mass is 436 g/mol. The summed E-state index contributed by atoms with van der Waals surface area (Å²) in [6, 6.07) is 9.10. The lowest BCUT2D eigenvalue weighted by Crippen LogP contribution is -2.64. The topological polar surface area (TPSA) is 0 Å². The molecule has 150 valence electrons. The van der Waals surface area contributed by atoms with E-state index in [1.54, 1.807) is 0 Å². The Kier molecular flexibility index (Phi) is 4.88. The quantitative estimate of drug-likeness (QED) is 0.285. The Bertz CT molecular complexity index is 923. The van der Waals surface area contributed by atoms with Gasteiger partial charge in [0.1, 0.15) is 0 Å². The molecule has 5 aliphatic rings. The summed E-state index contributed by atoms with van der Waals surface area (Å²) in [7, 11) is 0. The fourth-order valence-electron chi connectivity index (χ4n) is 7.55. The lowest BCUT2D eigenvalue weighted by molar-refractivity contribution is -0.145. The van der Waals surface area contributed by atoms with Crippen LogP contribution in [0.1, 0.15) is 49.7 Å². The lowest BCUT2D eigenvalue weighted by Gasteiger charge is -2.71. The molecule has 0 heterocycles. The molecule has 3 heteroatoms. The van der Waals surface area contributed by atoms with Crippen molar-refractivity contribution in [3.8, 4) is 11.8 Å². The summed E-state index contributed by atoms with van der Waals surface area (Å²) in [5.74, 6) is 9.45. The maximum absolute atomic E-state index is 4.87. The largest absolute Gasteiger partial charge is 0.179 e. The van der Waals surface area contributed by atoms with Crippen molar-refractivity contribution >= 4 is 37.9 Å². The molecule has 0 atom stereocenters. The van der Waals surface area contributed by atoms with Gasteiger partial charge in [-0.3, -0.25) is 0 Å². The van der Waals surface area contributed by atoms with E-state index in [1.165, 1.54) is 44.1 Å². The molecule has 0 aromatic heterocycles. The van der Waals surface area contributed by atoms with Gasteiger partial charge in [0.2, 0.25) is 0 Å². The molecule has 4 saturated carbocycles. The predicted molar refractivity (Wildman–Crippen MR) is 132 cm³/mol. The molecule has 1 aromatic rings. The first-order valence-electron chi connectivity index (χ1n) is 10.6. The number of hydrogen-bond donors (Lipinski definition) is 3. The molecule has 29 heavy (non-hydrogen) atoms. The van der Waals surface area contributed by atoms with Crippen molar-refractivity contribution in [3.05, 3.63) is 64.9 Å². The van der Waals surface area contributed by atoms with Crippen molar-refractivity contribution < 1.29 is 0 Å². The Morgan fingerprint density at radius 1 is 0.759 bits per heavy atom. The molecule has 6 rings (SSSR count). The van der Waals surface area contributed by atoms with Crippen LogP contribution >= 0.6 is 37.9 Å². The van der Waals surface area contributed by atoms with Gasteiger partial charge in [0.05, 0.1) is 5.57 Å². The number of benzene rings is 1. The molecule has 5 aliphatic carbocycles.